The maximum Gasteiger partial charge on any atom is 0.389 e. The third kappa shape index (κ3) is 4.91. The third-order valence-electron chi connectivity index (χ3n) is 2.87. The molecule has 1 aromatic carbocycles. The van der Waals surface area contributed by atoms with Crippen LogP contribution in [0.2, 0.25) is 5.02 Å². The van der Waals surface area contributed by atoms with Crippen LogP contribution in [0.1, 0.15) is 31.7 Å². The van der Waals surface area contributed by atoms with E-state index in [1.54, 1.807) is 12.1 Å². The van der Waals surface area contributed by atoms with E-state index in [-0.39, 0.29) is 12.8 Å². The van der Waals surface area contributed by atoms with Crippen molar-refractivity contribution >= 4 is 11.6 Å². The highest BCUT2D eigenvalue weighted by molar-refractivity contribution is 6.30. The largest absolute Gasteiger partial charge is 0.496 e. The first kappa shape index (κ1) is 16.1. The lowest BCUT2D eigenvalue weighted by atomic mass is 9.89. The quantitative estimate of drug-likeness (QED) is 0.878. The number of halogens is 4. The summed E-state index contributed by atoms with van der Waals surface area (Å²) in [7, 11) is 1.43. The molecule has 1 rings (SSSR count). The van der Waals surface area contributed by atoms with Gasteiger partial charge in [0.25, 0.3) is 0 Å². The zero-order valence-corrected chi connectivity index (χ0v) is 11.5. The molecule has 1 atom stereocenters. The average Bonchev–Trinajstić information content (AvgIpc) is 2.27. The van der Waals surface area contributed by atoms with E-state index in [0.29, 0.717) is 16.3 Å². The molecule has 0 aliphatic rings. The Bertz CT molecular complexity index is 430. The van der Waals surface area contributed by atoms with Gasteiger partial charge in [-0.25, -0.2) is 0 Å². The fourth-order valence-corrected chi connectivity index (χ4v) is 2.04. The standard InChI is InChI=1S/C13H16ClF3O2/c1-12(18,6-3-7-13(15,16)17)10-8-9(14)4-5-11(10)19-2/h4-5,8,18H,3,6-7H2,1-2H3. The molecule has 0 fully saturated rings. The van der Waals surface area contributed by atoms with Crippen molar-refractivity contribution in [1.29, 1.82) is 0 Å². The number of hydrogen-bond acceptors (Lipinski definition) is 2. The van der Waals surface area contributed by atoms with E-state index in [0.717, 1.165) is 0 Å². The first-order valence-electron chi connectivity index (χ1n) is 5.79. The van der Waals surface area contributed by atoms with Gasteiger partial charge in [-0.3, -0.25) is 0 Å². The predicted octanol–water partition coefficient (Wildman–Crippen LogP) is 4.29. The Hall–Kier alpha value is -0.940. The van der Waals surface area contributed by atoms with E-state index >= 15 is 0 Å². The van der Waals surface area contributed by atoms with Gasteiger partial charge < -0.3 is 9.84 Å². The van der Waals surface area contributed by atoms with Crippen LogP contribution in [0.5, 0.6) is 5.75 Å². The molecule has 0 spiro atoms. The summed E-state index contributed by atoms with van der Waals surface area (Å²) < 4.78 is 41.4. The van der Waals surface area contributed by atoms with Crippen molar-refractivity contribution in [1.82, 2.24) is 0 Å². The van der Waals surface area contributed by atoms with E-state index in [4.69, 9.17) is 16.3 Å². The average molecular weight is 297 g/mol. The summed E-state index contributed by atoms with van der Waals surface area (Å²) in [6.07, 6.45) is -5.32. The normalized spacial score (nSPS) is 15.1. The summed E-state index contributed by atoms with van der Waals surface area (Å²) in [4.78, 5) is 0. The summed E-state index contributed by atoms with van der Waals surface area (Å²) in [6, 6.07) is 4.68. The van der Waals surface area contributed by atoms with Gasteiger partial charge in [0.2, 0.25) is 0 Å². The molecular weight excluding hydrogens is 281 g/mol. The second kappa shape index (κ2) is 6.01. The molecule has 108 valence electrons. The molecule has 0 saturated carbocycles. The summed E-state index contributed by atoms with van der Waals surface area (Å²) in [5.74, 6) is 0.404. The van der Waals surface area contributed by atoms with E-state index < -0.39 is 18.2 Å². The van der Waals surface area contributed by atoms with Crippen molar-refractivity contribution in [3.8, 4) is 5.75 Å². The van der Waals surface area contributed by atoms with Crippen LogP contribution in [0.3, 0.4) is 0 Å². The minimum absolute atomic E-state index is 0.0246. The van der Waals surface area contributed by atoms with Gasteiger partial charge in [0.15, 0.2) is 0 Å². The number of aliphatic hydroxyl groups is 1. The molecule has 1 N–H and O–H groups in total. The smallest absolute Gasteiger partial charge is 0.389 e. The molecule has 2 nitrogen and oxygen atoms in total. The maximum atomic E-state index is 12.1. The Balaban J connectivity index is 2.84. The van der Waals surface area contributed by atoms with Crippen LogP contribution in [0.4, 0.5) is 13.2 Å². The highest BCUT2D eigenvalue weighted by Crippen LogP contribution is 2.36. The molecule has 1 aromatic rings. The van der Waals surface area contributed by atoms with Gasteiger partial charge in [-0.05, 0) is 38.0 Å². The molecule has 1 unspecified atom stereocenters. The van der Waals surface area contributed by atoms with Crippen molar-refractivity contribution in [3.05, 3.63) is 28.8 Å². The molecular formula is C13H16ClF3O2. The first-order valence-corrected chi connectivity index (χ1v) is 6.17. The van der Waals surface area contributed by atoms with Gasteiger partial charge in [0.1, 0.15) is 5.75 Å². The van der Waals surface area contributed by atoms with E-state index in [9.17, 15) is 18.3 Å². The van der Waals surface area contributed by atoms with Crippen LogP contribution >= 0.6 is 11.6 Å². The predicted molar refractivity (Wildman–Crippen MR) is 67.5 cm³/mol. The number of hydrogen-bond donors (Lipinski definition) is 1. The number of ether oxygens (including phenoxy) is 1. The van der Waals surface area contributed by atoms with Crippen molar-refractivity contribution in [2.24, 2.45) is 0 Å². The fourth-order valence-electron chi connectivity index (χ4n) is 1.87. The molecule has 6 heteroatoms. The summed E-state index contributed by atoms with van der Waals surface area (Å²) in [5, 5.41) is 10.7. The van der Waals surface area contributed by atoms with E-state index in [1.807, 2.05) is 0 Å². The molecule has 19 heavy (non-hydrogen) atoms. The molecule has 0 saturated heterocycles. The highest BCUT2D eigenvalue weighted by Gasteiger charge is 2.31. The second-order valence-corrected chi connectivity index (χ2v) is 5.02. The Labute approximate surface area is 115 Å². The molecule has 0 aliphatic heterocycles. The first-order chi connectivity index (χ1) is 8.65. The van der Waals surface area contributed by atoms with Crippen LogP contribution in [0, 0.1) is 0 Å². The Morgan fingerprint density at radius 2 is 1.89 bits per heavy atom. The van der Waals surface area contributed by atoms with Gasteiger partial charge in [0, 0.05) is 17.0 Å². The molecule has 0 aromatic heterocycles. The van der Waals surface area contributed by atoms with Crippen LogP contribution in [0.15, 0.2) is 18.2 Å². The maximum absolute atomic E-state index is 12.1. The Morgan fingerprint density at radius 1 is 1.26 bits per heavy atom. The van der Waals surface area contributed by atoms with Gasteiger partial charge >= 0.3 is 6.18 Å². The van der Waals surface area contributed by atoms with Crippen LogP contribution in [-0.2, 0) is 5.60 Å². The molecule has 0 amide bonds. The number of alkyl halides is 3. The Kier molecular flexibility index (Phi) is 5.10. The summed E-state index contributed by atoms with van der Waals surface area (Å²) >= 11 is 5.84. The van der Waals surface area contributed by atoms with E-state index in [1.165, 1.54) is 20.1 Å². The topological polar surface area (TPSA) is 29.5 Å². The van der Waals surface area contributed by atoms with Crippen LogP contribution < -0.4 is 4.74 Å². The fraction of sp³-hybridized carbons (Fsp3) is 0.538. The van der Waals surface area contributed by atoms with Gasteiger partial charge in [-0.1, -0.05) is 11.6 Å². The minimum atomic E-state index is -4.21. The van der Waals surface area contributed by atoms with Gasteiger partial charge in [-0.15, -0.1) is 0 Å². The number of rotatable bonds is 5. The van der Waals surface area contributed by atoms with Crippen LogP contribution in [-0.4, -0.2) is 18.4 Å². The minimum Gasteiger partial charge on any atom is -0.496 e. The highest BCUT2D eigenvalue weighted by atomic mass is 35.5. The number of methoxy groups -OCH3 is 1. The lowest BCUT2D eigenvalue weighted by Crippen LogP contribution is -2.23. The number of benzene rings is 1. The molecule has 0 bridgehead atoms. The summed E-state index contributed by atoms with van der Waals surface area (Å²) in [6.45, 7) is 1.46. The lowest BCUT2D eigenvalue weighted by molar-refractivity contribution is -0.137. The second-order valence-electron chi connectivity index (χ2n) is 4.59. The van der Waals surface area contributed by atoms with Crippen molar-refractivity contribution in [2.45, 2.75) is 38.0 Å². The van der Waals surface area contributed by atoms with Crippen LogP contribution in [0.25, 0.3) is 0 Å². The molecule has 0 aliphatic carbocycles. The van der Waals surface area contributed by atoms with E-state index in [2.05, 4.69) is 0 Å². The lowest BCUT2D eigenvalue weighted by Gasteiger charge is -2.26. The Morgan fingerprint density at radius 3 is 2.42 bits per heavy atom. The molecule has 0 radical (unpaired) electrons. The monoisotopic (exact) mass is 296 g/mol. The third-order valence-corrected chi connectivity index (χ3v) is 3.10. The van der Waals surface area contributed by atoms with Gasteiger partial charge in [-0.2, -0.15) is 13.2 Å². The van der Waals surface area contributed by atoms with Crippen molar-refractivity contribution in [2.75, 3.05) is 7.11 Å². The summed E-state index contributed by atoms with van der Waals surface area (Å²) in [5.41, 5.74) is -1.02. The molecule has 0 heterocycles. The van der Waals surface area contributed by atoms with Gasteiger partial charge in [0.05, 0.1) is 12.7 Å². The SMILES string of the molecule is COc1ccc(Cl)cc1C(C)(O)CCCC(F)(F)F. The zero-order chi connectivity index (χ0) is 14.7. The van der Waals surface area contributed by atoms with Crippen molar-refractivity contribution < 1.29 is 23.0 Å². The van der Waals surface area contributed by atoms with Crippen molar-refractivity contribution in [3.63, 3.8) is 0 Å². The zero-order valence-electron chi connectivity index (χ0n) is 10.7.